The number of nitrogens with zero attached hydrogens (tertiary/aromatic N) is 2. The van der Waals surface area contributed by atoms with E-state index in [0.717, 1.165) is 18.8 Å². The Morgan fingerprint density at radius 3 is 2.69 bits per heavy atom. The Kier molecular flexibility index (Phi) is 4.98. The van der Waals surface area contributed by atoms with Crippen LogP contribution in [0, 0.1) is 6.92 Å². The minimum absolute atomic E-state index is 0.105. The van der Waals surface area contributed by atoms with Crippen LogP contribution in [0.15, 0.2) is 10.6 Å². The average molecular weight is 225 g/mol. The Balaban J connectivity index is 2.27. The molecule has 1 rings (SSSR count). The van der Waals surface area contributed by atoms with Crippen LogP contribution >= 0.6 is 0 Å². The second kappa shape index (κ2) is 6.27. The van der Waals surface area contributed by atoms with Gasteiger partial charge < -0.3 is 9.32 Å². The Morgan fingerprint density at radius 1 is 1.50 bits per heavy atom. The van der Waals surface area contributed by atoms with Crippen LogP contribution in [-0.4, -0.2) is 35.4 Å². The molecule has 90 valence electrons. The summed E-state index contributed by atoms with van der Waals surface area (Å²) in [7, 11) is 0. The minimum atomic E-state index is 0.105. The van der Waals surface area contributed by atoms with Crippen molar-refractivity contribution < 1.29 is 9.21 Å². The van der Waals surface area contributed by atoms with Crippen molar-refractivity contribution in [3.05, 3.63) is 17.8 Å². The number of likely N-dealkylation sites (N-methyl/N-ethyl adjacent to an activating group) is 1. The standard InChI is InChI=1S/C11H19N3O2/c1-4-14(5-2)11(15)8-12-7-10-13-6-9(3)16-10/h6,12H,4-5,7-8H2,1-3H3. The van der Waals surface area contributed by atoms with E-state index >= 15 is 0 Å². The fourth-order valence-electron chi connectivity index (χ4n) is 1.45. The largest absolute Gasteiger partial charge is 0.445 e. The number of aryl methyl sites for hydroxylation is 1. The number of aromatic nitrogens is 1. The number of carbonyl (C=O) groups excluding carboxylic acids is 1. The normalized spacial score (nSPS) is 10.4. The number of carbonyl (C=O) groups is 1. The summed E-state index contributed by atoms with van der Waals surface area (Å²) in [6, 6.07) is 0. The molecule has 0 saturated heterocycles. The van der Waals surface area contributed by atoms with Gasteiger partial charge in [0.2, 0.25) is 11.8 Å². The second-order valence-electron chi connectivity index (χ2n) is 3.53. The molecule has 0 aliphatic heterocycles. The van der Waals surface area contributed by atoms with Crippen molar-refractivity contribution in [1.29, 1.82) is 0 Å². The third-order valence-corrected chi connectivity index (χ3v) is 2.34. The van der Waals surface area contributed by atoms with Gasteiger partial charge in [-0.3, -0.25) is 10.1 Å². The van der Waals surface area contributed by atoms with E-state index < -0.39 is 0 Å². The smallest absolute Gasteiger partial charge is 0.236 e. The van der Waals surface area contributed by atoms with Gasteiger partial charge in [0, 0.05) is 13.1 Å². The molecule has 5 nitrogen and oxygen atoms in total. The predicted octanol–water partition coefficient (Wildman–Crippen LogP) is 0.941. The van der Waals surface area contributed by atoms with Crippen molar-refractivity contribution in [3.8, 4) is 0 Å². The highest BCUT2D eigenvalue weighted by Gasteiger charge is 2.09. The van der Waals surface area contributed by atoms with Gasteiger partial charge in [-0.1, -0.05) is 0 Å². The first-order valence-corrected chi connectivity index (χ1v) is 5.57. The first-order chi connectivity index (χ1) is 7.67. The highest BCUT2D eigenvalue weighted by atomic mass is 16.4. The summed E-state index contributed by atoms with van der Waals surface area (Å²) >= 11 is 0. The molecule has 1 N–H and O–H groups in total. The van der Waals surface area contributed by atoms with Crippen LogP contribution in [0.2, 0.25) is 0 Å². The van der Waals surface area contributed by atoms with Crippen LogP contribution in [-0.2, 0) is 11.3 Å². The van der Waals surface area contributed by atoms with Crippen LogP contribution in [0.5, 0.6) is 0 Å². The van der Waals surface area contributed by atoms with Crippen molar-refractivity contribution in [2.45, 2.75) is 27.3 Å². The minimum Gasteiger partial charge on any atom is -0.445 e. The molecule has 1 heterocycles. The molecule has 1 aromatic rings. The lowest BCUT2D eigenvalue weighted by Gasteiger charge is -2.18. The molecule has 0 aliphatic rings. The second-order valence-corrected chi connectivity index (χ2v) is 3.53. The van der Waals surface area contributed by atoms with E-state index in [1.807, 2.05) is 20.8 Å². The highest BCUT2D eigenvalue weighted by molar-refractivity contribution is 5.78. The zero-order chi connectivity index (χ0) is 12.0. The van der Waals surface area contributed by atoms with E-state index in [0.29, 0.717) is 19.0 Å². The quantitative estimate of drug-likeness (QED) is 0.782. The van der Waals surface area contributed by atoms with Crippen molar-refractivity contribution >= 4 is 5.91 Å². The Bertz CT molecular complexity index is 332. The van der Waals surface area contributed by atoms with Crippen molar-refractivity contribution in [2.75, 3.05) is 19.6 Å². The molecular formula is C11H19N3O2. The van der Waals surface area contributed by atoms with Crippen molar-refractivity contribution in [2.24, 2.45) is 0 Å². The Morgan fingerprint density at radius 2 is 2.19 bits per heavy atom. The molecule has 1 amide bonds. The van der Waals surface area contributed by atoms with Gasteiger partial charge in [0.1, 0.15) is 5.76 Å². The molecule has 0 saturated carbocycles. The van der Waals surface area contributed by atoms with Gasteiger partial charge >= 0.3 is 0 Å². The summed E-state index contributed by atoms with van der Waals surface area (Å²) in [6.45, 7) is 8.09. The lowest BCUT2D eigenvalue weighted by atomic mass is 10.4. The third kappa shape index (κ3) is 3.66. The highest BCUT2D eigenvalue weighted by Crippen LogP contribution is 2.00. The van der Waals surface area contributed by atoms with Gasteiger partial charge in [0.05, 0.1) is 19.3 Å². The molecule has 0 fully saturated rings. The molecule has 0 spiro atoms. The van der Waals surface area contributed by atoms with Gasteiger partial charge in [-0.25, -0.2) is 4.98 Å². The molecule has 0 unspecified atom stereocenters. The number of hydrogen-bond donors (Lipinski definition) is 1. The van der Waals surface area contributed by atoms with E-state index in [2.05, 4.69) is 10.3 Å². The molecule has 16 heavy (non-hydrogen) atoms. The maximum Gasteiger partial charge on any atom is 0.236 e. The number of nitrogens with one attached hydrogen (secondary N) is 1. The number of amides is 1. The van der Waals surface area contributed by atoms with Crippen LogP contribution in [0.4, 0.5) is 0 Å². The van der Waals surface area contributed by atoms with Gasteiger partial charge in [0.15, 0.2) is 0 Å². The predicted molar refractivity (Wildman–Crippen MR) is 60.9 cm³/mol. The molecule has 0 aromatic carbocycles. The van der Waals surface area contributed by atoms with Gasteiger partial charge in [-0.2, -0.15) is 0 Å². The van der Waals surface area contributed by atoms with Crippen molar-refractivity contribution in [3.63, 3.8) is 0 Å². The Hall–Kier alpha value is -1.36. The average Bonchev–Trinajstić information content (AvgIpc) is 2.66. The molecular weight excluding hydrogens is 206 g/mol. The third-order valence-electron chi connectivity index (χ3n) is 2.34. The Labute approximate surface area is 95.8 Å². The topological polar surface area (TPSA) is 58.4 Å². The number of hydrogen-bond acceptors (Lipinski definition) is 4. The molecule has 0 bridgehead atoms. The zero-order valence-corrected chi connectivity index (χ0v) is 10.1. The fourth-order valence-corrected chi connectivity index (χ4v) is 1.45. The van der Waals surface area contributed by atoms with Gasteiger partial charge in [-0.15, -0.1) is 0 Å². The van der Waals surface area contributed by atoms with Crippen LogP contribution in [0.3, 0.4) is 0 Å². The molecule has 0 aliphatic carbocycles. The fraction of sp³-hybridized carbons (Fsp3) is 0.636. The monoisotopic (exact) mass is 225 g/mol. The van der Waals surface area contributed by atoms with Crippen LogP contribution in [0.25, 0.3) is 0 Å². The lowest BCUT2D eigenvalue weighted by molar-refractivity contribution is -0.129. The molecule has 0 radical (unpaired) electrons. The molecule has 1 aromatic heterocycles. The van der Waals surface area contributed by atoms with Crippen LogP contribution in [0.1, 0.15) is 25.5 Å². The summed E-state index contributed by atoms with van der Waals surface area (Å²) in [5.74, 6) is 1.50. The van der Waals surface area contributed by atoms with Gasteiger partial charge in [-0.05, 0) is 20.8 Å². The maximum absolute atomic E-state index is 11.6. The van der Waals surface area contributed by atoms with Gasteiger partial charge in [0.25, 0.3) is 0 Å². The first kappa shape index (κ1) is 12.7. The van der Waals surface area contributed by atoms with E-state index in [4.69, 9.17) is 4.42 Å². The van der Waals surface area contributed by atoms with E-state index in [1.54, 1.807) is 11.1 Å². The zero-order valence-electron chi connectivity index (χ0n) is 10.1. The summed E-state index contributed by atoms with van der Waals surface area (Å²) in [5.41, 5.74) is 0. The van der Waals surface area contributed by atoms with E-state index in [-0.39, 0.29) is 5.91 Å². The lowest BCUT2D eigenvalue weighted by Crippen LogP contribution is -2.37. The summed E-state index contributed by atoms with van der Waals surface area (Å²) in [4.78, 5) is 17.4. The SMILES string of the molecule is CCN(CC)C(=O)CNCc1ncc(C)o1. The van der Waals surface area contributed by atoms with E-state index in [9.17, 15) is 4.79 Å². The number of rotatable bonds is 6. The summed E-state index contributed by atoms with van der Waals surface area (Å²) in [5, 5.41) is 3.02. The molecule has 0 atom stereocenters. The first-order valence-electron chi connectivity index (χ1n) is 5.57. The number of oxazole rings is 1. The molecule has 5 heteroatoms. The summed E-state index contributed by atoms with van der Waals surface area (Å²) in [6.07, 6.45) is 1.67. The maximum atomic E-state index is 11.6. The summed E-state index contributed by atoms with van der Waals surface area (Å²) < 4.78 is 5.28. The van der Waals surface area contributed by atoms with E-state index in [1.165, 1.54) is 0 Å². The van der Waals surface area contributed by atoms with Crippen LogP contribution < -0.4 is 5.32 Å². The van der Waals surface area contributed by atoms with Crippen molar-refractivity contribution in [1.82, 2.24) is 15.2 Å².